The molecule has 0 radical (unpaired) electrons. The first-order valence-corrected chi connectivity index (χ1v) is 12.1. The maximum atomic E-state index is 14.0. The number of carbonyl (C=O) groups is 2. The van der Waals surface area contributed by atoms with Crippen LogP contribution in [0.2, 0.25) is 0 Å². The first kappa shape index (κ1) is 22.9. The van der Waals surface area contributed by atoms with Crippen molar-refractivity contribution in [1.82, 2.24) is 9.80 Å². The molecular weight excluding hydrogens is 473 g/mol. The first-order chi connectivity index (χ1) is 15.4. The number of hydrogen-bond donors (Lipinski definition) is 1. The van der Waals surface area contributed by atoms with Crippen molar-refractivity contribution in [2.75, 3.05) is 31.5 Å². The van der Waals surface area contributed by atoms with Gasteiger partial charge in [0.05, 0.1) is 6.04 Å². The second kappa shape index (κ2) is 10.1. The lowest BCUT2D eigenvalue weighted by Gasteiger charge is -2.40. The number of nitrogens with one attached hydrogen (secondary N) is 1. The topological polar surface area (TPSA) is 52.7 Å². The zero-order valence-corrected chi connectivity index (χ0v) is 19.9. The number of anilines is 1. The van der Waals surface area contributed by atoms with Gasteiger partial charge in [-0.2, -0.15) is 0 Å². The van der Waals surface area contributed by atoms with Gasteiger partial charge in [0.1, 0.15) is 5.82 Å². The Labute approximate surface area is 197 Å². The van der Waals surface area contributed by atoms with Crippen molar-refractivity contribution in [2.45, 2.75) is 38.6 Å². The molecule has 1 atom stereocenters. The second-order valence-corrected chi connectivity index (χ2v) is 9.70. The highest BCUT2D eigenvalue weighted by atomic mass is 79.9. The van der Waals surface area contributed by atoms with Crippen LogP contribution in [0.3, 0.4) is 0 Å². The van der Waals surface area contributed by atoms with Gasteiger partial charge in [-0.1, -0.05) is 40.9 Å². The standard InChI is InChI=1S/C25H29BrFN3O2/c1-17-9-10-21(16-22(17)27)28-24(31)23(18-5-2-3-6-18)29-11-13-30(14-12-29)25(32)19-7-4-8-20(26)15-19/h4,7-10,15-16,18,23H,2-3,5-6,11-14H2,1H3,(H,28,31). The van der Waals surface area contributed by atoms with E-state index in [0.29, 0.717) is 43.0 Å². The summed E-state index contributed by atoms with van der Waals surface area (Å²) in [7, 11) is 0. The summed E-state index contributed by atoms with van der Waals surface area (Å²) in [5.74, 6) is -0.0904. The molecule has 1 aliphatic carbocycles. The minimum atomic E-state index is -0.320. The molecule has 2 amide bonds. The van der Waals surface area contributed by atoms with Crippen LogP contribution in [0.1, 0.15) is 41.6 Å². The third-order valence-corrected chi connectivity index (χ3v) is 7.11. The van der Waals surface area contributed by atoms with E-state index in [1.54, 1.807) is 19.1 Å². The molecule has 0 spiro atoms. The van der Waals surface area contributed by atoms with Crippen LogP contribution in [0.15, 0.2) is 46.9 Å². The lowest BCUT2D eigenvalue weighted by Crippen LogP contribution is -2.56. The summed E-state index contributed by atoms with van der Waals surface area (Å²) in [6, 6.07) is 12.0. The second-order valence-electron chi connectivity index (χ2n) is 8.78. The van der Waals surface area contributed by atoms with Crippen molar-refractivity contribution >= 4 is 33.4 Å². The molecule has 2 aliphatic rings. The van der Waals surface area contributed by atoms with Crippen molar-refractivity contribution < 1.29 is 14.0 Å². The molecule has 2 fully saturated rings. The van der Waals surface area contributed by atoms with Gasteiger partial charge in [-0.15, -0.1) is 0 Å². The molecule has 4 rings (SSSR count). The molecule has 1 N–H and O–H groups in total. The Hall–Kier alpha value is -2.25. The SMILES string of the molecule is Cc1ccc(NC(=O)C(C2CCCC2)N2CCN(C(=O)c3cccc(Br)c3)CC2)cc1F. The normalized spacial score (nSPS) is 18.5. The van der Waals surface area contributed by atoms with E-state index < -0.39 is 0 Å². The Morgan fingerprint density at radius 2 is 1.78 bits per heavy atom. The molecule has 0 aromatic heterocycles. The van der Waals surface area contributed by atoms with Gasteiger partial charge in [0.15, 0.2) is 0 Å². The number of nitrogens with zero attached hydrogens (tertiary/aromatic N) is 2. The van der Waals surface area contributed by atoms with Crippen molar-refractivity contribution in [3.63, 3.8) is 0 Å². The maximum absolute atomic E-state index is 14.0. The van der Waals surface area contributed by atoms with Gasteiger partial charge in [0, 0.05) is 41.9 Å². The van der Waals surface area contributed by atoms with Crippen LogP contribution in [-0.2, 0) is 4.79 Å². The number of hydrogen-bond acceptors (Lipinski definition) is 3. The lowest BCUT2D eigenvalue weighted by atomic mass is 9.94. The van der Waals surface area contributed by atoms with E-state index in [4.69, 9.17) is 0 Å². The zero-order valence-electron chi connectivity index (χ0n) is 18.3. The van der Waals surface area contributed by atoms with E-state index in [2.05, 4.69) is 26.1 Å². The highest BCUT2D eigenvalue weighted by Crippen LogP contribution is 2.32. The highest BCUT2D eigenvalue weighted by molar-refractivity contribution is 9.10. The van der Waals surface area contributed by atoms with Gasteiger partial charge in [-0.3, -0.25) is 14.5 Å². The van der Waals surface area contributed by atoms with Gasteiger partial charge in [0.2, 0.25) is 5.91 Å². The summed E-state index contributed by atoms with van der Waals surface area (Å²) in [5.41, 5.74) is 1.71. The maximum Gasteiger partial charge on any atom is 0.253 e. The molecule has 1 saturated carbocycles. The predicted molar refractivity (Wildman–Crippen MR) is 127 cm³/mol. The molecule has 1 heterocycles. The lowest BCUT2D eigenvalue weighted by molar-refractivity contribution is -0.123. The van der Waals surface area contributed by atoms with Crippen LogP contribution in [0, 0.1) is 18.7 Å². The fraction of sp³-hybridized carbons (Fsp3) is 0.440. The average molecular weight is 502 g/mol. The molecule has 5 nitrogen and oxygen atoms in total. The minimum absolute atomic E-state index is 0.0166. The molecule has 7 heteroatoms. The highest BCUT2D eigenvalue weighted by Gasteiger charge is 2.37. The monoisotopic (exact) mass is 501 g/mol. The fourth-order valence-electron chi connectivity index (χ4n) is 4.85. The van der Waals surface area contributed by atoms with Crippen molar-refractivity contribution in [2.24, 2.45) is 5.92 Å². The van der Waals surface area contributed by atoms with Gasteiger partial charge < -0.3 is 10.2 Å². The fourth-order valence-corrected chi connectivity index (χ4v) is 5.24. The molecule has 1 aliphatic heterocycles. The number of amides is 2. The van der Waals surface area contributed by atoms with E-state index in [9.17, 15) is 14.0 Å². The first-order valence-electron chi connectivity index (χ1n) is 11.3. The summed E-state index contributed by atoms with van der Waals surface area (Å²) in [4.78, 5) is 30.3. The van der Waals surface area contributed by atoms with E-state index in [-0.39, 0.29) is 29.6 Å². The quantitative estimate of drug-likeness (QED) is 0.636. The third-order valence-electron chi connectivity index (χ3n) is 6.62. The molecular formula is C25H29BrFN3O2. The third kappa shape index (κ3) is 5.21. The van der Waals surface area contributed by atoms with E-state index in [1.165, 1.54) is 6.07 Å². The molecule has 1 saturated heterocycles. The van der Waals surface area contributed by atoms with Crippen LogP contribution in [0.4, 0.5) is 10.1 Å². The number of benzene rings is 2. The van der Waals surface area contributed by atoms with E-state index >= 15 is 0 Å². The number of halogens is 2. The summed E-state index contributed by atoms with van der Waals surface area (Å²) >= 11 is 3.43. The Balaban J connectivity index is 1.44. The number of rotatable bonds is 5. The Bertz CT molecular complexity index is 985. The largest absolute Gasteiger partial charge is 0.336 e. The zero-order chi connectivity index (χ0) is 22.7. The Kier molecular flexibility index (Phi) is 7.26. The van der Waals surface area contributed by atoms with Gasteiger partial charge in [0.25, 0.3) is 5.91 Å². The van der Waals surface area contributed by atoms with Gasteiger partial charge >= 0.3 is 0 Å². The molecule has 2 aromatic carbocycles. The van der Waals surface area contributed by atoms with Crippen LogP contribution in [-0.4, -0.2) is 53.8 Å². The van der Waals surface area contributed by atoms with E-state index in [0.717, 1.165) is 30.2 Å². The van der Waals surface area contributed by atoms with Crippen molar-refractivity contribution in [1.29, 1.82) is 0 Å². The molecule has 0 bridgehead atoms. The van der Waals surface area contributed by atoms with Crippen LogP contribution < -0.4 is 5.32 Å². The molecule has 170 valence electrons. The smallest absolute Gasteiger partial charge is 0.253 e. The summed E-state index contributed by atoms with van der Waals surface area (Å²) in [5, 5.41) is 2.94. The molecule has 32 heavy (non-hydrogen) atoms. The Morgan fingerprint density at radius 1 is 1.06 bits per heavy atom. The number of piperazine rings is 1. The summed E-state index contributed by atoms with van der Waals surface area (Å²) in [6.45, 7) is 4.17. The van der Waals surface area contributed by atoms with Gasteiger partial charge in [-0.25, -0.2) is 4.39 Å². The minimum Gasteiger partial charge on any atom is -0.336 e. The summed E-state index contributed by atoms with van der Waals surface area (Å²) in [6.07, 6.45) is 4.32. The van der Waals surface area contributed by atoms with Crippen molar-refractivity contribution in [3.8, 4) is 0 Å². The predicted octanol–water partition coefficient (Wildman–Crippen LogP) is 4.85. The number of aryl methyl sites for hydroxylation is 1. The average Bonchev–Trinajstić information content (AvgIpc) is 3.31. The Morgan fingerprint density at radius 3 is 2.44 bits per heavy atom. The molecule has 1 unspecified atom stereocenters. The molecule has 2 aromatic rings. The van der Waals surface area contributed by atoms with E-state index in [1.807, 2.05) is 29.2 Å². The van der Waals surface area contributed by atoms with Crippen LogP contribution in [0.5, 0.6) is 0 Å². The van der Waals surface area contributed by atoms with Crippen molar-refractivity contribution in [3.05, 3.63) is 63.9 Å². The number of carbonyl (C=O) groups excluding carboxylic acids is 2. The van der Waals surface area contributed by atoms with Gasteiger partial charge in [-0.05, 0) is 61.6 Å². The van der Waals surface area contributed by atoms with Crippen LogP contribution in [0.25, 0.3) is 0 Å². The van der Waals surface area contributed by atoms with Crippen LogP contribution >= 0.6 is 15.9 Å². The summed E-state index contributed by atoms with van der Waals surface area (Å²) < 4.78 is 14.8.